The zero-order chi connectivity index (χ0) is 11.2. The van der Waals surface area contributed by atoms with Gasteiger partial charge in [0.05, 0.1) is 0 Å². The van der Waals surface area contributed by atoms with Crippen LogP contribution in [0, 0.1) is 0 Å². The number of hydrogen-bond acceptors (Lipinski definition) is 1. The quantitative estimate of drug-likeness (QED) is 0.637. The number of fused-ring (bicyclic) bond motifs is 2. The number of nitrogens with one attached hydrogen (secondary N) is 1. The van der Waals surface area contributed by atoms with Gasteiger partial charge in [0.15, 0.2) is 0 Å². The van der Waals surface area contributed by atoms with E-state index in [9.17, 15) is 0 Å². The molecule has 1 nitrogen and oxygen atoms in total. The molecule has 2 aromatic carbocycles. The first kappa shape index (κ1) is 9.59. The summed E-state index contributed by atoms with van der Waals surface area (Å²) in [6, 6.07) is 17.1. The highest BCUT2D eigenvalue weighted by molar-refractivity contribution is 6.43. The fourth-order valence-electron chi connectivity index (χ4n) is 2.56. The number of para-hydroxylation sites is 2. The van der Waals surface area contributed by atoms with Gasteiger partial charge in [-0.1, -0.05) is 36.4 Å². The van der Waals surface area contributed by atoms with E-state index in [1.165, 1.54) is 22.5 Å². The van der Waals surface area contributed by atoms with Crippen LogP contribution in [0.1, 0.15) is 11.1 Å². The molecule has 0 fully saturated rings. The summed E-state index contributed by atoms with van der Waals surface area (Å²) in [6.07, 6.45) is 0. The SMILES string of the molecule is BC1(B)c2ccccc2Nc2ccccc21. The van der Waals surface area contributed by atoms with Crippen LogP contribution < -0.4 is 5.32 Å². The molecule has 1 aliphatic heterocycles. The molecule has 0 amide bonds. The van der Waals surface area contributed by atoms with E-state index < -0.39 is 0 Å². The van der Waals surface area contributed by atoms with Crippen LogP contribution in [0.5, 0.6) is 0 Å². The molecule has 2 aromatic rings. The van der Waals surface area contributed by atoms with Crippen molar-refractivity contribution in [3.8, 4) is 0 Å². The van der Waals surface area contributed by atoms with Crippen LogP contribution in [0.3, 0.4) is 0 Å². The van der Waals surface area contributed by atoms with Gasteiger partial charge in [-0.3, -0.25) is 0 Å². The smallest absolute Gasteiger partial charge is 0.110 e. The molecule has 1 aliphatic rings. The van der Waals surface area contributed by atoms with Crippen molar-refractivity contribution in [2.75, 3.05) is 5.32 Å². The van der Waals surface area contributed by atoms with Gasteiger partial charge in [0.2, 0.25) is 0 Å². The van der Waals surface area contributed by atoms with E-state index in [4.69, 9.17) is 0 Å². The van der Waals surface area contributed by atoms with Gasteiger partial charge in [-0.25, -0.2) is 0 Å². The summed E-state index contributed by atoms with van der Waals surface area (Å²) in [6.45, 7) is 0. The van der Waals surface area contributed by atoms with Crippen molar-refractivity contribution in [2.45, 2.75) is 5.21 Å². The molecule has 0 bridgehead atoms. The molecule has 0 radical (unpaired) electrons. The summed E-state index contributed by atoms with van der Waals surface area (Å²) in [4.78, 5) is 0. The Balaban J connectivity index is 2.28. The van der Waals surface area contributed by atoms with Crippen molar-refractivity contribution < 1.29 is 0 Å². The molecular weight excluding hydrogens is 192 g/mol. The minimum Gasteiger partial charge on any atom is -0.355 e. The van der Waals surface area contributed by atoms with Crippen molar-refractivity contribution >= 4 is 27.1 Å². The molecule has 0 unspecified atom stereocenters. The molecule has 0 spiro atoms. The molecule has 3 heteroatoms. The van der Waals surface area contributed by atoms with Gasteiger partial charge in [0.1, 0.15) is 15.7 Å². The van der Waals surface area contributed by atoms with Crippen LogP contribution in [-0.2, 0) is 5.21 Å². The van der Waals surface area contributed by atoms with E-state index in [0.29, 0.717) is 0 Å². The summed E-state index contributed by atoms with van der Waals surface area (Å²) < 4.78 is 0. The lowest BCUT2D eigenvalue weighted by Crippen LogP contribution is -2.33. The minimum atomic E-state index is 0.0818. The fourth-order valence-corrected chi connectivity index (χ4v) is 2.56. The van der Waals surface area contributed by atoms with Gasteiger partial charge in [-0.15, -0.1) is 0 Å². The molecule has 0 saturated carbocycles. The maximum absolute atomic E-state index is 3.50. The fraction of sp³-hybridized carbons (Fsp3) is 0.0769. The number of rotatable bonds is 0. The summed E-state index contributed by atoms with van der Waals surface area (Å²) in [5.74, 6) is 0. The number of anilines is 2. The second-order valence-corrected chi connectivity index (χ2v) is 4.84. The topological polar surface area (TPSA) is 12.0 Å². The van der Waals surface area contributed by atoms with Crippen LogP contribution >= 0.6 is 0 Å². The lowest BCUT2D eigenvalue weighted by atomic mass is 9.46. The van der Waals surface area contributed by atoms with Gasteiger partial charge >= 0.3 is 0 Å². The van der Waals surface area contributed by atoms with E-state index in [2.05, 4.69) is 69.5 Å². The van der Waals surface area contributed by atoms with Crippen LogP contribution in [0.4, 0.5) is 11.4 Å². The van der Waals surface area contributed by atoms with Crippen molar-refractivity contribution in [2.24, 2.45) is 0 Å². The van der Waals surface area contributed by atoms with Gasteiger partial charge in [0, 0.05) is 11.4 Å². The lowest BCUT2D eigenvalue weighted by molar-refractivity contribution is 1.02. The molecule has 1 N–H and O–H groups in total. The van der Waals surface area contributed by atoms with Crippen molar-refractivity contribution in [3.05, 3.63) is 59.7 Å². The summed E-state index contributed by atoms with van der Waals surface area (Å²) in [5.41, 5.74) is 5.19. The van der Waals surface area contributed by atoms with E-state index in [0.717, 1.165) is 0 Å². The third-order valence-electron chi connectivity index (χ3n) is 3.47. The molecule has 0 aromatic heterocycles. The van der Waals surface area contributed by atoms with Crippen LogP contribution in [0.15, 0.2) is 48.5 Å². The molecule has 1 heterocycles. The molecule has 0 atom stereocenters. The molecule has 0 aliphatic carbocycles. The second kappa shape index (κ2) is 3.18. The van der Waals surface area contributed by atoms with Gasteiger partial charge < -0.3 is 5.32 Å². The standard InChI is InChI=1S/C13H13B2N/c14-13(15)9-5-1-3-7-11(9)16-12-8-4-2-6-10(12)13/h1-8,16H,14-15H2. The first-order valence-corrected chi connectivity index (χ1v) is 5.65. The maximum Gasteiger partial charge on any atom is 0.110 e. The van der Waals surface area contributed by atoms with Gasteiger partial charge in [0.25, 0.3) is 0 Å². The van der Waals surface area contributed by atoms with E-state index in [1.54, 1.807) is 0 Å². The highest BCUT2D eigenvalue weighted by atomic mass is 14.9. The number of benzene rings is 2. The van der Waals surface area contributed by atoms with E-state index in [1.807, 2.05) is 0 Å². The normalized spacial score (nSPS) is 15.8. The first-order chi connectivity index (χ1) is 7.69. The van der Waals surface area contributed by atoms with Crippen molar-refractivity contribution in [3.63, 3.8) is 0 Å². The zero-order valence-corrected chi connectivity index (χ0v) is 9.62. The molecular formula is C13H13B2N. The highest BCUT2D eigenvalue weighted by Gasteiger charge is 2.31. The Morgan fingerprint density at radius 1 is 0.750 bits per heavy atom. The third-order valence-corrected chi connectivity index (χ3v) is 3.47. The molecule has 3 rings (SSSR count). The summed E-state index contributed by atoms with van der Waals surface area (Å²) in [5, 5.41) is 3.58. The maximum atomic E-state index is 3.50. The Morgan fingerprint density at radius 3 is 1.69 bits per heavy atom. The van der Waals surface area contributed by atoms with Gasteiger partial charge in [-0.2, -0.15) is 0 Å². The van der Waals surface area contributed by atoms with Crippen molar-refractivity contribution in [1.82, 2.24) is 0 Å². The average molecular weight is 205 g/mol. The second-order valence-electron chi connectivity index (χ2n) is 4.84. The Labute approximate surface area is 97.7 Å². The van der Waals surface area contributed by atoms with E-state index >= 15 is 0 Å². The van der Waals surface area contributed by atoms with Crippen molar-refractivity contribution in [1.29, 1.82) is 0 Å². The lowest BCUT2D eigenvalue weighted by Gasteiger charge is -2.35. The van der Waals surface area contributed by atoms with Crippen LogP contribution in [0.2, 0.25) is 0 Å². The third kappa shape index (κ3) is 1.21. The van der Waals surface area contributed by atoms with Gasteiger partial charge in [-0.05, 0) is 28.5 Å². The Kier molecular flexibility index (Phi) is 1.90. The summed E-state index contributed by atoms with van der Waals surface area (Å²) >= 11 is 0. The predicted molar refractivity (Wildman–Crippen MR) is 74.0 cm³/mol. The monoisotopic (exact) mass is 205 g/mol. The molecule has 76 valence electrons. The van der Waals surface area contributed by atoms with E-state index in [-0.39, 0.29) is 5.21 Å². The Hall–Kier alpha value is -1.63. The zero-order valence-electron chi connectivity index (χ0n) is 9.62. The Morgan fingerprint density at radius 2 is 1.19 bits per heavy atom. The first-order valence-electron chi connectivity index (χ1n) is 5.65. The number of hydrogen-bond donors (Lipinski definition) is 1. The Bertz CT molecular complexity index is 502. The minimum absolute atomic E-state index is 0.0818. The van der Waals surface area contributed by atoms with Crippen LogP contribution in [-0.4, -0.2) is 15.7 Å². The molecule has 0 saturated heterocycles. The predicted octanol–water partition coefficient (Wildman–Crippen LogP) is 1.21. The average Bonchev–Trinajstić information content (AvgIpc) is 2.29. The largest absolute Gasteiger partial charge is 0.355 e. The highest BCUT2D eigenvalue weighted by Crippen LogP contribution is 2.41. The summed E-state index contributed by atoms with van der Waals surface area (Å²) in [7, 11) is 4.57. The van der Waals surface area contributed by atoms with Crippen LogP contribution in [0.25, 0.3) is 0 Å². The molecule has 16 heavy (non-hydrogen) atoms.